The lowest BCUT2D eigenvalue weighted by molar-refractivity contribution is 0.274. The van der Waals surface area contributed by atoms with Crippen molar-refractivity contribution >= 4 is 21.6 Å². The first-order valence-electron chi connectivity index (χ1n) is 5.01. The second-order valence-electron chi connectivity index (χ2n) is 3.49. The van der Waals surface area contributed by atoms with Gasteiger partial charge in [-0.3, -0.25) is 4.57 Å². The third-order valence-electron chi connectivity index (χ3n) is 2.48. The molecule has 1 N–H and O–H groups in total. The molecule has 16 heavy (non-hydrogen) atoms. The Labute approximate surface area is 96.6 Å². The lowest BCUT2D eigenvalue weighted by Gasteiger charge is -2.01. The summed E-state index contributed by atoms with van der Waals surface area (Å²) in [5.41, 5.74) is 1.86. The zero-order valence-electron chi connectivity index (χ0n) is 8.50. The Kier molecular flexibility index (Phi) is 2.23. The number of aromatic nitrogens is 2. The van der Waals surface area contributed by atoms with Crippen molar-refractivity contribution in [2.75, 3.05) is 0 Å². The highest BCUT2D eigenvalue weighted by Gasteiger charge is 2.07. The molecule has 0 amide bonds. The van der Waals surface area contributed by atoms with Crippen LogP contribution in [0.15, 0.2) is 42.6 Å². The van der Waals surface area contributed by atoms with Crippen molar-refractivity contribution < 1.29 is 5.11 Å². The van der Waals surface area contributed by atoms with Gasteiger partial charge in [0.05, 0.1) is 22.5 Å². The highest BCUT2D eigenvalue weighted by atomic mass is 32.1. The van der Waals surface area contributed by atoms with E-state index >= 15 is 0 Å². The highest BCUT2D eigenvalue weighted by molar-refractivity contribution is 7.20. The van der Waals surface area contributed by atoms with E-state index in [9.17, 15) is 5.11 Å². The smallest absolute Gasteiger partial charge is 0.194 e. The molecule has 3 nitrogen and oxygen atoms in total. The van der Waals surface area contributed by atoms with E-state index in [0.717, 1.165) is 21.0 Å². The van der Waals surface area contributed by atoms with Gasteiger partial charge in [-0.15, -0.1) is 0 Å². The minimum absolute atomic E-state index is 0.0307. The van der Waals surface area contributed by atoms with Crippen LogP contribution in [-0.2, 0) is 6.61 Å². The molecule has 0 bridgehead atoms. The average Bonchev–Trinajstić information content (AvgIpc) is 2.94. The van der Waals surface area contributed by atoms with Crippen LogP contribution in [0.25, 0.3) is 15.3 Å². The molecular formula is C12H10N2OS. The Hall–Kier alpha value is -1.65. The second kappa shape index (κ2) is 3.73. The van der Waals surface area contributed by atoms with Crippen LogP contribution in [0.4, 0.5) is 0 Å². The van der Waals surface area contributed by atoms with Crippen molar-refractivity contribution in [1.82, 2.24) is 9.55 Å². The van der Waals surface area contributed by atoms with E-state index in [1.807, 2.05) is 41.1 Å². The lowest BCUT2D eigenvalue weighted by Crippen LogP contribution is -1.97. The van der Waals surface area contributed by atoms with E-state index in [4.69, 9.17) is 0 Å². The van der Waals surface area contributed by atoms with Crippen molar-refractivity contribution in [2.24, 2.45) is 0 Å². The molecule has 0 atom stereocenters. The lowest BCUT2D eigenvalue weighted by atomic mass is 10.3. The molecule has 4 heteroatoms. The van der Waals surface area contributed by atoms with Gasteiger partial charge >= 0.3 is 0 Å². The number of hydrogen-bond donors (Lipinski definition) is 1. The van der Waals surface area contributed by atoms with Crippen LogP contribution in [0.5, 0.6) is 0 Å². The van der Waals surface area contributed by atoms with Crippen molar-refractivity contribution in [2.45, 2.75) is 6.61 Å². The number of nitrogens with zero attached hydrogens (tertiary/aromatic N) is 2. The van der Waals surface area contributed by atoms with Crippen molar-refractivity contribution in [1.29, 1.82) is 0 Å². The van der Waals surface area contributed by atoms with Gasteiger partial charge in [0.15, 0.2) is 5.13 Å². The van der Waals surface area contributed by atoms with Gasteiger partial charge in [0, 0.05) is 6.20 Å². The standard InChI is InChI=1S/C12H10N2OS/c15-8-9-4-3-7-14(9)12-13-10-5-1-2-6-11(10)16-12/h1-7,15H,8H2. The summed E-state index contributed by atoms with van der Waals surface area (Å²) in [5.74, 6) is 0. The first-order valence-corrected chi connectivity index (χ1v) is 5.83. The number of rotatable bonds is 2. The molecule has 0 fully saturated rings. The normalized spacial score (nSPS) is 11.1. The van der Waals surface area contributed by atoms with E-state index < -0.39 is 0 Å². The Bertz CT molecular complexity index is 594. The van der Waals surface area contributed by atoms with Gasteiger partial charge in [0.25, 0.3) is 0 Å². The summed E-state index contributed by atoms with van der Waals surface area (Å²) in [7, 11) is 0. The number of para-hydroxylation sites is 1. The van der Waals surface area contributed by atoms with Crippen LogP contribution in [0.3, 0.4) is 0 Å². The highest BCUT2D eigenvalue weighted by Crippen LogP contribution is 2.25. The van der Waals surface area contributed by atoms with Crippen LogP contribution in [0.2, 0.25) is 0 Å². The summed E-state index contributed by atoms with van der Waals surface area (Å²) >= 11 is 1.63. The van der Waals surface area contributed by atoms with Gasteiger partial charge in [-0.25, -0.2) is 4.98 Å². The first-order chi connectivity index (χ1) is 7.88. The molecule has 0 saturated carbocycles. The minimum atomic E-state index is 0.0307. The molecular weight excluding hydrogens is 220 g/mol. The van der Waals surface area contributed by atoms with Gasteiger partial charge < -0.3 is 5.11 Å². The molecule has 3 rings (SSSR count). The second-order valence-corrected chi connectivity index (χ2v) is 4.50. The van der Waals surface area contributed by atoms with Crippen molar-refractivity contribution in [3.8, 4) is 5.13 Å². The third kappa shape index (κ3) is 1.43. The average molecular weight is 230 g/mol. The van der Waals surface area contributed by atoms with Crippen LogP contribution in [-0.4, -0.2) is 14.7 Å². The molecule has 0 saturated heterocycles. The molecule has 3 aromatic rings. The Balaban J connectivity index is 2.19. The minimum Gasteiger partial charge on any atom is -0.390 e. The fourth-order valence-electron chi connectivity index (χ4n) is 1.69. The largest absolute Gasteiger partial charge is 0.390 e. The summed E-state index contributed by atoms with van der Waals surface area (Å²) < 4.78 is 3.08. The molecule has 0 radical (unpaired) electrons. The van der Waals surface area contributed by atoms with Gasteiger partial charge in [-0.2, -0.15) is 0 Å². The molecule has 2 aromatic heterocycles. The SMILES string of the molecule is OCc1cccn1-c1nc2ccccc2s1. The van der Waals surface area contributed by atoms with Crippen LogP contribution in [0, 0.1) is 0 Å². The van der Waals surface area contributed by atoms with E-state index in [1.54, 1.807) is 11.3 Å². The van der Waals surface area contributed by atoms with Crippen LogP contribution < -0.4 is 0 Å². The third-order valence-corrected chi connectivity index (χ3v) is 3.52. The fourth-order valence-corrected chi connectivity index (χ4v) is 2.68. The van der Waals surface area contributed by atoms with Crippen LogP contribution >= 0.6 is 11.3 Å². The zero-order chi connectivity index (χ0) is 11.0. The number of aliphatic hydroxyl groups is 1. The topological polar surface area (TPSA) is 38.0 Å². The summed E-state index contributed by atoms with van der Waals surface area (Å²) in [4.78, 5) is 4.53. The summed E-state index contributed by atoms with van der Waals surface area (Å²) in [6, 6.07) is 11.8. The number of fused-ring (bicyclic) bond motifs is 1. The van der Waals surface area contributed by atoms with Gasteiger partial charge in [-0.05, 0) is 24.3 Å². The first kappa shape index (κ1) is 9.57. The predicted molar refractivity (Wildman–Crippen MR) is 64.9 cm³/mol. The molecule has 80 valence electrons. The quantitative estimate of drug-likeness (QED) is 0.734. The number of benzene rings is 1. The van der Waals surface area contributed by atoms with Crippen molar-refractivity contribution in [3.05, 3.63) is 48.3 Å². The van der Waals surface area contributed by atoms with Gasteiger partial charge in [0.1, 0.15) is 0 Å². The van der Waals surface area contributed by atoms with Crippen LogP contribution in [0.1, 0.15) is 5.69 Å². The molecule has 2 heterocycles. The fraction of sp³-hybridized carbons (Fsp3) is 0.0833. The van der Waals surface area contributed by atoms with E-state index in [1.165, 1.54) is 0 Å². The number of hydrogen-bond acceptors (Lipinski definition) is 3. The summed E-state index contributed by atoms with van der Waals surface area (Å²) in [5, 5.41) is 10.1. The molecule has 0 aliphatic heterocycles. The summed E-state index contributed by atoms with van der Waals surface area (Å²) in [6.45, 7) is 0.0307. The molecule has 1 aromatic carbocycles. The maximum Gasteiger partial charge on any atom is 0.194 e. The Morgan fingerprint density at radius 2 is 2.06 bits per heavy atom. The van der Waals surface area contributed by atoms with E-state index in [2.05, 4.69) is 11.1 Å². The summed E-state index contributed by atoms with van der Waals surface area (Å²) in [6.07, 6.45) is 1.92. The molecule has 0 unspecified atom stereocenters. The maximum atomic E-state index is 9.20. The number of aliphatic hydroxyl groups excluding tert-OH is 1. The van der Waals surface area contributed by atoms with E-state index in [-0.39, 0.29) is 6.61 Å². The van der Waals surface area contributed by atoms with E-state index in [0.29, 0.717) is 0 Å². The Morgan fingerprint density at radius 3 is 2.88 bits per heavy atom. The zero-order valence-corrected chi connectivity index (χ0v) is 9.31. The maximum absolute atomic E-state index is 9.20. The molecule has 0 aliphatic carbocycles. The Morgan fingerprint density at radius 1 is 1.19 bits per heavy atom. The number of thiazole rings is 1. The van der Waals surface area contributed by atoms with Crippen molar-refractivity contribution in [3.63, 3.8) is 0 Å². The molecule has 0 spiro atoms. The van der Waals surface area contributed by atoms with Gasteiger partial charge in [-0.1, -0.05) is 23.5 Å². The monoisotopic (exact) mass is 230 g/mol. The molecule has 0 aliphatic rings. The van der Waals surface area contributed by atoms with Gasteiger partial charge in [0.2, 0.25) is 0 Å². The predicted octanol–water partition coefficient (Wildman–Crippen LogP) is 2.58.